The molecule has 0 saturated carbocycles. The summed E-state index contributed by atoms with van der Waals surface area (Å²) in [6, 6.07) is 17.3. The Morgan fingerprint density at radius 2 is 1.73 bits per heavy atom. The zero-order chi connectivity index (χ0) is 26.3. The van der Waals surface area contributed by atoms with Crippen molar-refractivity contribution in [2.24, 2.45) is 0 Å². The van der Waals surface area contributed by atoms with Crippen molar-refractivity contribution in [3.8, 4) is 0 Å². The summed E-state index contributed by atoms with van der Waals surface area (Å²) in [4.78, 5) is 65.7. The number of nitro benzene ring substituents is 1. The van der Waals surface area contributed by atoms with Gasteiger partial charge in [-0.2, -0.15) is 0 Å². The van der Waals surface area contributed by atoms with Crippen LogP contribution in [0.3, 0.4) is 0 Å². The minimum Gasteiger partial charge on any atom is -0.324 e. The van der Waals surface area contributed by atoms with Crippen molar-refractivity contribution in [2.45, 2.75) is 25.8 Å². The first kappa shape index (κ1) is 23.9. The van der Waals surface area contributed by atoms with E-state index in [1.807, 2.05) is 31.2 Å². The fourth-order valence-electron chi connectivity index (χ4n) is 4.79. The van der Waals surface area contributed by atoms with E-state index in [0.29, 0.717) is 29.1 Å². The normalized spacial score (nSPS) is 16.3. The Balaban J connectivity index is 1.45. The van der Waals surface area contributed by atoms with Crippen LogP contribution in [0.25, 0.3) is 0 Å². The van der Waals surface area contributed by atoms with Gasteiger partial charge in [0.05, 0.1) is 10.5 Å². The smallest absolute Gasteiger partial charge is 0.282 e. The average Bonchev–Trinajstić information content (AvgIpc) is 3.13. The number of nitro groups is 1. The average molecular weight is 498 g/mol. The Hall–Kier alpha value is -4.86. The number of nitrogens with one attached hydrogen (secondary N) is 1. The lowest BCUT2D eigenvalue weighted by Gasteiger charge is -2.37. The first-order valence-corrected chi connectivity index (χ1v) is 11.7. The second-order valence-electron chi connectivity index (χ2n) is 8.96. The van der Waals surface area contributed by atoms with Crippen LogP contribution in [0.4, 0.5) is 17.1 Å². The number of aryl methyl sites for hydroxylation is 2. The van der Waals surface area contributed by atoms with E-state index < -0.39 is 46.8 Å². The molecule has 4 amide bonds. The number of rotatable bonds is 5. The van der Waals surface area contributed by atoms with Crippen molar-refractivity contribution in [1.29, 1.82) is 0 Å². The van der Waals surface area contributed by atoms with Gasteiger partial charge in [0.1, 0.15) is 18.2 Å². The molecule has 0 saturated heterocycles. The van der Waals surface area contributed by atoms with Crippen LogP contribution < -0.4 is 10.2 Å². The number of para-hydroxylation sites is 1. The Bertz CT molecular complexity index is 1470. The van der Waals surface area contributed by atoms with Crippen molar-refractivity contribution in [3.63, 3.8) is 0 Å². The van der Waals surface area contributed by atoms with E-state index in [2.05, 4.69) is 5.32 Å². The number of imide groups is 1. The summed E-state index contributed by atoms with van der Waals surface area (Å²) in [7, 11) is 0. The number of fused-ring (bicyclic) bond motifs is 2. The van der Waals surface area contributed by atoms with Gasteiger partial charge in [-0.25, -0.2) is 0 Å². The molecule has 2 aliphatic rings. The minimum atomic E-state index is -0.911. The molecule has 0 fully saturated rings. The lowest BCUT2D eigenvalue weighted by molar-refractivity contribution is -0.385. The number of hydrogen-bond acceptors (Lipinski definition) is 6. The van der Waals surface area contributed by atoms with Gasteiger partial charge in [0.2, 0.25) is 11.8 Å². The van der Waals surface area contributed by atoms with E-state index in [0.717, 1.165) is 17.2 Å². The molecule has 186 valence electrons. The molecule has 0 bridgehead atoms. The van der Waals surface area contributed by atoms with E-state index in [1.165, 1.54) is 17.0 Å². The third-order valence-electron chi connectivity index (χ3n) is 6.61. The number of hydrogen-bond donors (Lipinski definition) is 1. The van der Waals surface area contributed by atoms with E-state index in [4.69, 9.17) is 0 Å². The maximum atomic E-state index is 13.7. The summed E-state index contributed by atoms with van der Waals surface area (Å²) in [6.45, 7) is 1.27. The van der Waals surface area contributed by atoms with E-state index in [-0.39, 0.29) is 11.1 Å². The molecule has 0 radical (unpaired) electrons. The van der Waals surface area contributed by atoms with Crippen molar-refractivity contribution in [2.75, 3.05) is 16.8 Å². The molecule has 3 aromatic rings. The second kappa shape index (κ2) is 9.30. The number of nitrogens with zero attached hydrogens (tertiary/aromatic N) is 3. The molecule has 0 spiro atoms. The molecule has 0 unspecified atom stereocenters. The van der Waals surface area contributed by atoms with Gasteiger partial charge in [-0.15, -0.1) is 0 Å². The van der Waals surface area contributed by atoms with Crippen LogP contribution in [-0.4, -0.2) is 46.0 Å². The predicted molar refractivity (Wildman–Crippen MR) is 134 cm³/mol. The third kappa shape index (κ3) is 4.22. The van der Waals surface area contributed by atoms with Crippen LogP contribution in [0.5, 0.6) is 0 Å². The maximum absolute atomic E-state index is 13.7. The standard InChI is InChI=1S/C27H22N4O6/c1-16-9-12-18(13-10-16)28-25(33)22-14-11-17-5-2-3-7-20(17)30(22)23(32)15-29-26(34)19-6-4-8-21(31(36)37)24(19)27(29)35/h2-10,12-13,22H,11,14-15H2,1H3,(H,28,33)/t22-/m0/s1. The Morgan fingerprint density at radius 3 is 2.46 bits per heavy atom. The van der Waals surface area contributed by atoms with Crippen molar-refractivity contribution < 1.29 is 24.1 Å². The summed E-state index contributed by atoms with van der Waals surface area (Å²) < 4.78 is 0. The molecule has 37 heavy (non-hydrogen) atoms. The second-order valence-corrected chi connectivity index (χ2v) is 8.96. The van der Waals surface area contributed by atoms with E-state index in [9.17, 15) is 29.3 Å². The highest BCUT2D eigenvalue weighted by atomic mass is 16.6. The summed E-state index contributed by atoms with van der Waals surface area (Å²) in [5, 5.41) is 14.3. The molecule has 1 atom stereocenters. The van der Waals surface area contributed by atoms with Gasteiger partial charge in [-0.3, -0.25) is 39.1 Å². The van der Waals surface area contributed by atoms with Crippen LogP contribution in [0, 0.1) is 17.0 Å². The molecule has 2 heterocycles. The van der Waals surface area contributed by atoms with Gasteiger partial charge in [-0.05, 0) is 49.6 Å². The topological polar surface area (TPSA) is 130 Å². The lowest BCUT2D eigenvalue weighted by atomic mass is 9.94. The predicted octanol–water partition coefficient (Wildman–Crippen LogP) is 3.49. The summed E-state index contributed by atoms with van der Waals surface area (Å²) in [5.41, 5.74) is 2.03. The zero-order valence-corrected chi connectivity index (χ0v) is 19.8. The van der Waals surface area contributed by atoms with E-state index in [1.54, 1.807) is 24.3 Å². The first-order chi connectivity index (χ1) is 17.8. The van der Waals surface area contributed by atoms with Crippen molar-refractivity contribution in [1.82, 2.24) is 4.90 Å². The Kier molecular flexibility index (Phi) is 6.00. The molecule has 0 aromatic heterocycles. The van der Waals surface area contributed by atoms with Gasteiger partial charge in [0.15, 0.2) is 0 Å². The van der Waals surface area contributed by atoms with Crippen LogP contribution in [0.1, 0.15) is 38.3 Å². The first-order valence-electron chi connectivity index (χ1n) is 11.7. The Labute approximate surface area is 211 Å². The molecule has 2 aliphatic heterocycles. The third-order valence-corrected chi connectivity index (χ3v) is 6.61. The largest absolute Gasteiger partial charge is 0.324 e. The fraction of sp³-hybridized carbons (Fsp3) is 0.185. The lowest BCUT2D eigenvalue weighted by Crippen LogP contribution is -2.53. The van der Waals surface area contributed by atoms with Crippen LogP contribution in [0.2, 0.25) is 0 Å². The fourth-order valence-corrected chi connectivity index (χ4v) is 4.79. The molecule has 10 heteroatoms. The number of anilines is 2. The van der Waals surface area contributed by atoms with Crippen molar-refractivity contribution >= 4 is 40.7 Å². The van der Waals surface area contributed by atoms with Gasteiger partial charge < -0.3 is 5.32 Å². The minimum absolute atomic E-state index is 0.125. The summed E-state index contributed by atoms with van der Waals surface area (Å²) in [5.74, 6) is -2.74. The highest BCUT2D eigenvalue weighted by molar-refractivity contribution is 6.24. The SMILES string of the molecule is Cc1ccc(NC(=O)[C@@H]2CCc3ccccc3N2C(=O)CN2C(=O)c3cccc([N+](=O)[O-])c3C2=O)cc1. The zero-order valence-electron chi connectivity index (χ0n) is 19.8. The number of carbonyl (C=O) groups is 4. The molecule has 3 aromatic carbocycles. The van der Waals surface area contributed by atoms with Crippen molar-refractivity contribution in [3.05, 3.63) is 99.1 Å². The highest BCUT2D eigenvalue weighted by Crippen LogP contribution is 2.34. The molecular formula is C27H22N4O6. The van der Waals surface area contributed by atoms with Gasteiger partial charge in [0.25, 0.3) is 17.5 Å². The van der Waals surface area contributed by atoms with Crippen LogP contribution >= 0.6 is 0 Å². The molecule has 0 aliphatic carbocycles. The molecule has 1 N–H and O–H groups in total. The summed E-state index contributed by atoms with van der Waals surface area (Å²) in [6.07, 6.45) is 0.902. The maximum Gasteiger partial charge on any atom is 0.282 e. The van der Waals surface area contributed by atoms with Gasteiger partial charge >= 0.3 is 0 Å². The molecular weight excluding hydrogens is 476 g/mol. The monoisotopic (exact) mass is 498 g/mol. The number of carbonyl (C=O) groups excluding carboxylic acids is 4. The number of amides is 4. The molecule has 10 nitrogen and oxygen atoms in total. The number of benzene rings is 3. The van der Waals surface area contributed by atoms with Gasteiger partial charge in [-0.1, -0.05) is 42.0 Å². The van der Waals surface area contributed by atoms with E-state index >= 15 is 0 Å². The van der Waals surface area contributed by atoms with Crippen LogP contribution in [0.15, 0.2) is 66.7 Å². The highest BCUT2D eigenvalue weighted by Gasteiger charge is 2.44. The molecule has 5 rings (SSSR count). The Morgan fingerprint density at radius 1 is 1.00 bits per heavy atom. The van der Waals surface area contributed by atoms with Crippen LogP contribution in [-0.2, 0) is 16.0 Å². The van der Waals surface area contributed by atoms with Gasteiger partial charge in [0, 0.05) is 17.4 Å². The summed E-state index contributed by atoms with van der Waals surface area (Å²) >= 11 is 0. The quantitative estimate of drug-likeness (QED) is 0.326.